The Morgan fingerprint density at radius 2 is 1.34 bits per heavy atom. The van der Waals surface area contributed by atoms with E-state index in [9.17, 15) is 0 Å². The van der Waals surface area contributed by atoms with Crippen molar-refractivity contribution in [2.45, 2.75) is 19.3 Å². The highest BCUT2D eigenvalue weighted by molar-refractivity contribution is 7.85. The largest absolute Gasteiger partial charge is 0.420 e. The van der Waals surface area contributed by atoms with E-state index >= 15 is 4.57 Å². The minimum absolute atomic E-state index is 0.462. The second kappa shape index (κ2) is 8.97. The Balaban J connectivity index is 1.74. The molecule has 5 rings (SSSR count). The van der Waals surface area contributed by atoms with Crippen LogP contribution >= 0.6 is 18.7 Å². The molecule has 0 radical (unpaired) electrons. The van der Waals surface area contributed by atoms with Crippen molar-refractivity contribution in [3.05, 3.63) is 90.0 Å². The third-order valence-electron chi connectivity index (χ3n) is 5.86. The Bertz CT molecular complexity index is 1190. The summed E-state index contributed by atoms with van der Waals surface area (Å²) in [4.78, 5) is 7.09. The maximum absolute atomic E-state index is 15.0. The van der Waals surface area contributed by atoms with Crippen molar-refractivity contribution < 1.29 is 8.98 Å². The Kier molecular flexibility index (Phi) is 5.91. The zero-order chi connectivity index (χ0) is 22.0. The summed E-state index contributed by atoms with van der Waals surface area (Å²) in [7, 11) is -3.26. The minimum Gasteiger partial charge on any atom is -0.420 e. The standard InChI is InChI=1S/C26H24ClN2O2P/c27-21-16-14-20(15-17-21)24-28-25(26(31-24)29-18-8-3-9-19-29)32(30,22-10-4-1-5-11-22)23-12-6-2-7-13-23/h1-2,4-7,10-17H,3,8-9,18-19H2. The molecule has 162 valence electrons. The molecule has 1 aromatic heterocycles. The van der Waals surface area contributed by atoms with Crippen LogP contribution in [0, 0.1) is 0 Å². The normalized spacial score (nSPS) is 14.5. The molecule has 6 heteroatoms. The van der Waals surface area contributed by atoms with Crippen molar-refractivity contribution >= 4 is 40.7 Å². The molecular weight excluding hydrogens is 439 g/mol. The van der Waals surface area contributed by atoms with Gasteiger partial charge in [0.25, 0.3) is 0 Å². The van der Waals surface area contributed by atoms with Gasteiger partial charge in [0.1, 0.15) is 0 Å². The maximum atomic E-state index is 15.0. The second-order valence-corrected chi connectivity index (χ2v) is 11.1. The molecule has 4 aromatic rings. The van der Waals surface area contributed by atoms with E-state index in [1.165, 1.54) is 6.42 Å². The van der Waals surface area contributed by atoms with Gasteiger partial charge < -0.3 is 13.9 Å². The Morgan fingerprint density at radius 1 is 0.781 bits per heavy atom. The number of hydrogen-bond donors (Lipinski definition) is 0. The van der Waals surface area contributed by atoms with Gasteiger partial charge in [-0.2, -0.15) is 0 Å². The van der Waals surface area contributed by atoms with Crippen LogP contribution in [-0.2, 0) is 4.57 Å². The van der Waals surface area contributed by atoms with Crippen LogP contribution in [0.3, 0.4) is 0 Å². The number of benzene rings is 3. The summed E-state index contributed by atoms with van der Waals surface area (Å²) in [6.07, 6.45) is 3.35. The average Bonchev–Trinajstić information content (AvgIpc) is 3.32. The molecule has 2 heterocycles. The van der Waals surface area contributed by atoms with E-state index in [0.717, 1.165) is 42.1 Å². The molecule has 0 amide bonds. The molecule has 1 aliphatic rings. The van der Waals surface area contributed by atoms with Crippen LogP contribution in [0.15, 0.2) is 89.3 Å². The Hall–Kier alpha value is -2.81. The fourth-order valence-electron chi connectivity index (χ4n) is 4.20. The van der Waals surface area contributed by atoms with E-state index in [-0.39, 0.29) is 0 Å². The van der Waals surface area contributed by atoms with Gasteiger partial charge in [-0.25, -0.2) is 4.98 Å². The lowest BCUT2D eigenvalue weighted by atomic mass is 10.1. The second-order valence-electron chi connectivity index (χ2n) is 7.98. The molecule has 0 bridgehead atoms. The van der Waals surface area contributed by atoms with Crippen molar-refractivity contribution in [2.75, 3.05) is 18.0 Å². The summed E-state index contributed by atoms with van der Waals surface area (Å²) in [5, 5.41) is 2.15. The first-order chi connectivity index (χ1) is 15.7. The van der Waals surface area contributed by atoms with Crippen molar-refractivity contribution in [3.63, 3.8) is 0 Å². The molecule has 0 saturated carbocycles. The fraction of sp³-hybridized carbons (Fsp3) is 0.192. The quantitative estimate of drug-likeness (QED) is 0.361. The Labute approximate surface area is 193 Å². The van der Waals surface area contributed by atoms with Crippen LogP contribution in [0.4, 0.5) is 5.88 Å². The highest BCUT2D eigenvalue weighted by Crippen LogP contribution is 2.46. The number of halogens is 1. The minimum atomic E-state index is -3.26. The van der Waals surface area contributed by atoms with Gasteiger partial charge in [-0.3, -0.25) is 0 Å². The van der Waals surface area contributed by atoms with E-state index in [0.29, 0.717) is 22.2 Å². The lowest BCUT2D eigenvalue weighted by Gasteiger charge is -2.28. The van der Waals surface area contributed by atoms with E-state index in [2.05, 4.69) is 4.90 Å². The van der Waals surface area contributed by atoms with Crippen LogP contribution in [-0.4, -0.2) is 18.1 Å². The third-order valence-corrected chi connectivity index (χ3v) is 9.05. The highest BCUT2D eigenvalue weighted by atomic mass is 35.5. The first-order valence-corrected chi connectivity index (χ1v) is 13.0. The van der Waals surface area contributed by atoms with Gasteiger partial charge in [0, 0.05) is 34.3 Å². The molecule has 3 aromatic carbocycles. The zero-order valence-electron chi connectivity index (χ0n) is 17.7. The summed E-state index contributed by atoms with van der Waals surface area (Å²) in [6.45, 7) is 1.73. The van der Waals surface area contributed by atoms with Crippen LogP contribution in [0.1, 0.15) is 19.3 Å². The smallest absolute Gasteiger partial charge is 0.229 e. The van der Waals surface area contributed by atoms with Gasteiger partial charge in [0.15, 0.2) is 12.6 Å². The van der Waals surface area contributed by atoms with Crippen molar-refractivity contribution in [1.82, 2.24) is 4.98 Å². The van der Waals surface area contributed by atoms with E-state index in [1.54, 1.807) is 0 Å². The summed E-state index contributed by atoms with van der Waals surface area (Å²) >= 11 is 6.09. The maximum Gasteiger partial charge on any atom is 0.229 e. The SMILES string of the molecule is O=P(c1ccccc1)(c1ccccc1)c1nc(-c2ccc(Cl)cc2)oc1N1CCCCC1. The van der Waals surface area contributed by atoms with Gasteiger partial charge in [-0.15, -0.1) is 0 Å². The zero-order valence-corrected chi connectivity index (χ0v) is 19.3. The third kappa shape index (κ3) is 3.90. The molecule has 32 heavy (non-hydrogen) atoms. The first-order valence-electron chi connectivity index (χ1n) is 10.9. The van der Waals surface area contributed by atoms with Gasteiger partial charge in [0.05, 0.1) is 0 Å². The number of anilines is 1. The molecule has 1 fully saturated rings. The number of hydrogen-bond acceptors (Lipinski definition) is 4. The topological polar surface area (TPSA) is 46.3 Å². The molecule has 0 spiro atoms. The number of aromatic nitrogens is 1. The molecule has 0 atom stereocenters. The van der Waals surface area contributed by atoms with Crippen molar-refractivity contribution in [3.8, 4) is 11.5 Å². The molecule has 0 aliphatic carbocycles. The number of oxazole rings is 1. The Morgan fingerprint density at radius 3 is 1.91 bits per heavy atom. The lowest BCUT2D eigenvalue weighted by Crippen LogP contribution is -2.35. The van der Waals surface area contributed by atoms with Gasteiger partial charge in [-0.1, -0.05) is 72.3 Å². The predicted octanol–water partition coefficient (Wildman–Crippen LogP) is 5.62. The number of nitrogens with zero attached hydrogens (tertiary/aromatic N) is 2. The molecular formula is C26H24ClN2O2P. The number of rotatable bonds is 5. The summed E-state index contributed by atoms with van der Waals surface area (Å²) in [5.41, 5.74) is 1.33. The van der Waals surface area contributed by atoms with Crippen LogP contribution in [0.5, 0.6) is 0 Å². The fourth-order valence-corrected chi connectivity index (χ4v) is 6.98. The van der Waals surface area contributed by atoms with Gasteiger partial charge >= 0.3 is 0 Å². The van der Waals surface area contributed by atoms with E-state index < -0.39 is 7.14 Å². The van der Waals surface area contributed by atoms with Crippen molar-refractivity contribution in [1.29, 1.82) is 0 Å². The van der Waals surface area contributed by atoms with Crippen LogP contribution in [0.2, 0.25) is 5.02 Å². The number of piperidine rings is 1. The molecule has 1 aliphatic heterocycles. The molecule has 1 saturated heterocycles. The van der Waals surface area contributed by atoms with Crippen LogP contribution in [0.25, 0.3) is 11.5 Å². The first kappa shape index (κ1) is 21.1. The van der Waals surface area contributed by atoms with Gasteiger partial charge in [0.2, 0.25) is 11.8 Å². The van der Waals surface area contributed by atoms with E-state index in [1.807, 2.05) is 84.9 Å². The monoisotopic (exact) mass is 462 g/mol. The summed E-state index contributed by atoms with van der Waals surface area (Å²) < 4.78 is 21.4. The molecule has 0 N–H and O–H groups in total. The summed E-state index contributed by atoms with van der Waals surface area (Å²) in [6, 6.07) is 26.6. The average molecular weight is 463 g/mol. The molecule has 4 nitrogen and oxygen atoms in total. The van der Waals surface area contributed by atoms with Crippen LogP contribution < -0.4 is 20.9 Å². The predicted molar refractivity (Wildman–Crippen MR) is 132 cm³/mol. The van der Waals surface area contributed by atoms with E-state index in [4.69, 9.17) is 21.0 Å². The lowest BCUT2D eigenvalue weighted by molar-refractivity contribution is 0.506. The van der Waals surface area contributed by atoms with Crippen molar-refractivity contribution in [2.24, 2.45) is 0 Å². The van der Waals surface area contributed by atoms with Gasteiger partial charge in [-0.05, 0) is 43.5 Å². The molecule has 0 unspecified atom stereocenters. The highest BCUT2D eigenvalue weighted by Gasteiger charge is 2.38. The summed E-state index contributed by atoms with van der Waals surface area (Å²) in [5.74, 6) is 1.08.